The van der Waals surface area contributed by atoms with Crippen molar-refractivity contribution < 1.29 is 14.4 Å². The number of benzene rings is 1. The van der Waals surface area contributed by atoms with E-state index in [1.807, 2.05) is 18.2 Å². The molecule has 4 nitrogen and oxygen atoms in total. The minimum atomic E-state index is -0.435. The topological polar surface area (TPSA) is 38.8 Å². The molecule has 3 rings (SSSR count). The quantitative estimate of drug-likeness (QED) is 0.779. The molecule has 0 N–H and O–H groups in total. The lowest BCUT2D eigenvalue weighted by atomic mass is 9.81. The van der Waals surface area contributed by atoms with E-state index in [9.17, 15) is 4.79 Å². The molecular weight excluding hydrogens is 218 g/mol. The summed E-state index contributed by atoms with van der Waals surface area (Å²) in [6.07, 6.45) is 1.18. The highest BCUT2D eigenvalue weighted by atomic mass is 16.7. The highest BCUT2D eigenvalue weighted by molar-refractivity contribution is 5.82. The predicted octanol–water partition coefficient (Wildman–Crippen LogP) is 1.63. The van der Waals surface area contributed by atoms with E-state index >= 15 is 0 Å². The van der Waals surface area contributed by atoms with Gasteiger partial charge in [0.05, 0.1) is 13.5 Å². The number of rotatable bonds is 2. The zero-order valence-corrected chi connectivity index (χ0v) is 10.0. The molecule has 0 bridgehead atoms. The van der Waals surface area contributed by atoms with Gasteiger partial charge in [0.2, 0.25) is 0 Å². The monoisotopic (exact) mass is 233 g/mol. The third kappa shape index (κ3) is 1.19. The number of carbonyl (C=O) groups excluding carboxylic acids is 1. The molecule has 0 radical (unpaired) electrons. The lowest BCUT2D eigenvalue weighted by Gasteiger charge is -2.41. The summed E-state index contributed by atoms with van der Waals surface area (Å²) in [5.74, 6) is 0.892. The van der Waals surface area contributed by atoms with Crippen molar-refractivity contribution in [2.75, 3.05) is 13.7 Å². The molecule has 0 unspecified atom stereocenters. The second-order valence-corrected chi connectivity index (χ2v) is 4.51. The molecule has 2 aliphatic heterocycles. The van der Waals surface area contributed by atoms with Gasteiger partial charge in [0.1, 0.15) is 17.9 Å². The fourth-order valence-electron chi connectivity index (χ4n) is 2.97. The van der Waals surface area contributed by atoms with Crippen LogP contribution in [0.4, 0.5) is 0 Å². The Balaban J connectivity index is 2.25. The highest BCUT2D eigenvalue weighted by Crippen LogP contribution is 2.48. The zero-order valence-electron chi connectivity index (χ0n) is 10.0. The van der Waals surface area contributed by atoms with Gasteiger partial charge in [-0.15, -0.1) is 0 Å². The maximum atomic E-state index is 12.1. The number of carbonyl (C=O) groups is 1. The largest absolute Gasteiger partial charge is 0.490 e. The molecule has 0 aromatic heterocycles. The van der Waals surface area contributed by atoms with Gasteiger partial charge in [0.25, 0.3) is 5.91 Å². The average molecular weight is 233 g/mol. The van der Waals surface area contributed by atoms with Gasteiger partial charge in [-0.05, 0) is 18.1 Å². The molecular formula is C13H15NO3. The van der Waals surface area contributed by atoms with Crippen LogP contribution < -0.4 is 4.74 Å². The molecule has 17 heavy (non-hydrogen) atoms. The van der Waals surface area contributed by atoms with Gasteiger partial charge in [-0.25, -0.2) is 5.06 Å². The van der Waals surface area contributed by atoms with Crippen LogP contribution in [0, 0.1) is 0 Å². The van der Waals surface area contributed by atoms with Crippen molar-refractivity contribution >= 4 is 5.91 Å². The van der Waals surface area contributed by atoms with E-state index in [0.29, 0.717) is 13.0 Å². The van der Waals surface area contributed by atoms with Gasteiger partial charge in [0.15, 0.2) is 0 Å². The SMILES string of the molecule is CC[C@]12COc3cccc(c31)CC(=O)N2OC. The van der Waals surface area contributed by atoms with E-state index in [1.54, 1.807) is 7.11 Å². The van der Waals surface area contributed by atoms with E-state index in [-0.39, 0.29) is 5.91 Å². The maximum Gasteiger partial charge on any atom is 0.251 e. The van der Waals surface area contributed by atoms with E-state index in [0.717, 1.165) is 23.3 Å². The van der Waals surface area contributed by atoms with Gasteiger partial charge in [0, 0.05) is 5.56 Å². The van der Waals surface area contributed by atoms with E-state index in [2.05, 4.69) is 6.92 Å². The molecule has 4 heteroatoms. The Bertz CT molecular complexity index is 486. The van der Waals surface area contributed by atoms with Crippen molar-refractivity contribution in [3.05, 3.63) is 29.3 Å². The van der Waals surface area contributed by atoms with Crippen molar-refractivity contribution in [2.45, 2.75) is 25.3 Å². The van der Waals surface area contributed by atoms with E-state index < -0.39 is 5.54 Å². The Labute approximate surface area is 100 Å². The first kappa shape index (κ1) is 10.6. The van der Waals surface area contributed by atoms with Crippen LogP contribution in [0.3, 0.4) is 0 Å². The maximum absolute atomic E-state index is 12.1. The third-order valence-electron chi connectivity index (χ3n) is 3.77. The summed E-state index contributed by atoms with van der Waals surface area (Å²) in [4.78, 5) is 17.4. The van der Waals surface area contributed by atoms with Crippen molar-refractivity contribution in [3.63, 3.8) is 0 Å². The van der Waals surface area contributed by atoms with Gasteiger partial charge < -0.3 is 4.74 Å². The van der Waals surface area contributed by atoms with Crippen molar-refractivity contribution in [1.82, 2.24) is 5.06 Å². The molecule has 0 saturated heterocycles. The van der Waals surface area contributed by atoms with Crippen molar-refractivity contribution in [1.29, 1.82) is 0 Å². The Hall–Kier alpha value is -1.55. The molecule has 1 amide bonds. The molecule has 2 heterocycles. The van der Waals surface area contributed by atoms with Gasteiger partial charge in [-0.2, -0.15) is 0 Å². The first-order chi connectivity index (χ1) is 8.23. The Kier molecular flexibility index (Phi) is 2.16. The number of ether oxygens (including phenoxy) is 1. The molecule has 0 saturated carbocycles. The van der Waals surface area contributed by atoms with Gasteiger partial charge >= 0.3 is 0 Å². The Morgan fingerprint density at radius 2 is 2.35 bits per heavy atom. The second-order valence-electron chi connectivity index (χ2n) is 4.51. The second kappa shape index (κ2) is 3.47. The Morgan fingerprint density at radius 3 is 3.06 bits per heavy atom. The minimum absolute atomic E-state index is 0.00417. The number of hydrogen-bond acceptors (Lipinski definition) is 3. The molecule has 2 aliphatic rings. The summed E-state index contributed by atoms with van der Waals surface area (Å²) in [5, 5.41) is 1.49. The van der Waals surface area contributed by atoms with Crippen molar-refractivity contribution in [3.8, 4) is 5.75 Å². The lowest BCUT2D eigenvalue weighted by Crippen LogP contribution is -2.53. The highest BCUT2D eigenvalue weighted by Gasteiger charge is 2.51. The molecule has 0 spiro atoms. The number of nitrogens with zero attached hydrogens (tertiary/aromatic N) is 1. The molecule has 0 fully saturated rings. The predicted molar refractivity (Wildman–Crippen MR) is 61.5 cm³/mol. The number of amides is 1. The molecule has 1 aromatic rings. The normalized spacial score (nSPS) is 25.8. The van der Waals surface area contributed by atoms with Crippen LogP contribution in [0.25, 0.3) is 0 Å². The molecule has 90 valence electrons. The first-order valence-corrected chi connectivity index (χ1v) is 5.85. The average Bonchev–Trinajstić information content (AvgIpc) is 2.72. The lowest BCUT2D eigenvalue weighted by molar-refractivity contribution is -0.217. The summed E-state index contributed by atoms with van der Waals surface area (Å²) < 4.78 is 5.72. The summed E-state index contributed by atoms with van der Waals surface area (Å²) in [5.41, 5.74) is 1.76. The summed E-state index contributed by atoms with van der Waals surface area (Å²) >= 11 is 0. The smallest absolute Gasteiger partial charge is 0.251 e. The Morgan fingerprint density at radius 1 is 1.53 bits per heavy atom. The van der Waals surface area contributed by atoms with Crippen LogP contribution in [0.15, 0.2) is 18.2 Å². The molecule has 1 aromatic carbocycles. The standard InChI is InChI=1S/C13H15NO3/c1-3-13-8-17-10-6-4-5-9(12(10)13)7-11(15)14(13)16-2/h4-6H,3,7-8H2,1-2H3/t13-/m0/s1. The zero-order chi connectivity index (χ0) is 12.0. The van der Waals surface area contributed by atoms with Crippen molar-refractivity contribution in [2.24, 2.45) is 0 Å². The van der Waals surface area contributed by atoms with Crippen LogP contribution >= 0.6 is 0 Å². The van der Waals surface area contributed by atoms with Crippen LogP contribution in [-0.4, -0.2) is 24.7 Å². The van der Waals surface area contributed by atoms with Crippen LogP contribution in [0.1, 0.15) is 24.5 Å². The van der Waals surface area contributed by atoms with E-state index in [4.69, 9.17) is 9.57 Å². The molecule has 0 aliphatic carbocycles. The van der Waals surface area contributed by atoms with E-state index in [1.165, 1.54) is 5.06 Å². The minimum Gasteiger partial charge on any atom is -0.490 e. The van der Waals surface area contributed by atoms with Crippen LogP contribution in [0.2, 0.25) is 0 Å². The van der Waals surface area contributed by atoms with Gasteiger partial charge in [-0.1, -0.05) is 19.1 Å². The number of hydrogen-bond donors (Lipinski definition) is 0. The van der Waals surface area contributed by atoms with Gasteiger partial charge in [-0.3, -0.25) is 9.63 Å². The summed E-state index contributed by atoms with van der Waals surface area (Å²) in [7, 11) is 1.54. The summed E-state index contributed by atoms with van der Waals surface area (Å²) in [6, 6.07) is 5.90. The van der Waals surface area contributed by atoms with Crippen LogP contribution in [0.5, 0.6) is 5.75 Å². The fourth-order valence-corrected chi connectivity index (χ4v) is 2.97. The molecule has 1 atom stereocenters. The first-order valence-electron chi connectivity index (χ1n) is 5.85. The third-order valence-corrected chi connectivity index (χ3v) is 3.77. The summed E-state index contributed by atoms with van der Waals surface area (Å²) in [6.45, 7) is 2.54. The van der Waals surface area contributed by atoms with Crippen LogP contribution in [-0.2, 0) is 21.6 Å². The fraction of sp³-hybridized carbons (Fsp3) is 0.462. The number of hydroxylamine groups is 2.